The molecule has 2 aromatic rings. The number of rotatable bonds is 4. The van der Waals surface area contributed by atoms with Crippen molar-refractivity contribution in [2.75, 3.05) is 5.32 Å². The first-order chi connectivity index (χ1) is 9.82. The smallest absolute Gasteiger partial charge is 0.269 e. The summed E-state index contributed by atoms with van der Waals surface area (Å²) in [6, 6.07) is 4.25. The molecule has 0 bridgehead atoms. The van der Waals surface area contributed by atoms with Crippen LogP contribution in [0, 0.1) is 6.92 Å². The molecule has 0 spiro atoms. The fourth-order valence-corrected chi connectivity index (χ4v) is 3.20. The van der Waals surface area contributed by atoms with E-state index in [0.717, 1.165) is 11.5 Å². The van der Waals surface area contributed by atoms with Gasteiger partial charge >= 0.3 is 0 Å². The van der Waals surface area contributed by atoms with E-state index in [4.69, 9.17) is 10.7 Å². The van der Waals surface area contributed by atoms with Crippen molar-refractivity contribution in [2.45, 2.75) is 25.2 Å². The molecular formula is C12H12ClN3O3S2. The summed E-state index contributed by atoms with van der Waals surface area (Å²) in [7, 11) is 1.50. The number of carbonyl (C=O) groups is 1. The molecule has 2 rings (SSSR count). The van der Waals surface area contributed by atoms with Gasteiger partial charge in [-0.2, -0.15) is 0 Å². The number of nitrogens with zero attached hydrogens (tertiary/aromatic N) is 2. The van der Waals surface area contributed by atoms with Gasteiger partial charge in [-0.15, -0.1) is 5.10 Å². The van der Waals surface area contributed by atoms with Crippen molar-refractivity contribution in [3.8, 4) is 0 Å². The maximum atomic E-state index is 12.2. The summed E-state index contributed by atoms with van der Waals surface area (Å²) in [6.07, 6.45) is 0.613. The summed E-state index contributed by atoms with van der Waals surface area (Å²) < 4.78 is 26.3. The van der Waals surface area contributed by atoms with Crippen LogP contribution in [0.2, 0.25) is 0 Å². The van der Waals surface area contributed by atoms with Gasteiger partial charge in [0.05, 0.1) is 10.6 Å². The summed E-state index contributed by atoms with van der Waals surface area (Å²) in [5.74, 6) is -0.313. The van der Waals surface area contributed by atoms with Crippen LogP contribution in [0.3, 0.4) is 0 Å². The molecule has 0 unspecified atom stereocenters. The van der Waals surface area contributed by atoms with Crippen LogP contribution < -0.4 is 5.32 Å². The van der Waals surface area contributed by atoms with Crippen molar-refractivity contribution < 1.29 is 13.2 Å². The highest BCUT2D eigenvalue weighted by Crippen LogP contribution is 2.23. The second-order valence-corrected chi connectivity index (χ2v) is 7.59. The molecule has 0 aliphatic carbocycles. The number of hydrogen-bond donors (Lipinski definition) is 1. The minimum Gasteiger partial charge on any atom is -0.321 e. The zero-order valence-electron chi connectivity index (χ0n) is 11.3. The van der Waals surface area contributed by atoms with Crippen molar-refractivity contribution in [3.63, 3.8) is 0 Å². The lowest BCUT2D eigenvalue weighted by atomic mass is 10.2. The van der Waals surface area contributed by atoms with Crippen LogP contribution in [0.4, 0.5) is 5.69 Å². The Bertz CT molecular complexity index is 787. The lowest BCUT2D eigenvalue weighted by Crippen LogP contribution is -2.13. The molecule has 21 heavy (non-hydrogen) atoms. The Balaban J connectivity index is 2.26. The molecular weight excluding hydrogens is 334 g/mol. The number of hydrogen-bond acceptors (Lipinski definition) is 6. The highest BCUT2D eigenvalue weighted by atomic mass is 35.7. The van der Waals surface area contributed by atoms with Gasteiger partial charge < -0.3 is 5.32 Å². The second kappa shape index (κ2) is 6.08. The Morgan fingerprint density at radius 1 is 1.43 bits per heavy atom. The van der Waals surface area contributed by atoms with Gasteiger partial charge in [0.15, 0.2) is 0 Å². The highest BCUT2D eigenvalue weighted by molar-refractivity contribution is 8.13. The third-order valence-corrected chi connectivity index (χ3v) is 4.94. The molecule has 0 radical (unpaired) electrons. The van der Waals surface area contributed by atoms with E-state index in [2.05, 4.69) is 14.9 Å². The Morgan fingerprint density at radius 3 is 2.71 bits per heavy atom. The maximum absolute atomic E-state index is 12.2. The van der Waals surface area contributed by atoms with Crippen LogP contribution in [0.1, 0.15) is 27.9 Å². The molecule has 1 amide bonds. The van der Waals surface area contributed by atoms with Gasteiger partial charge in [-0.3, -0.25) is 4.79 Å². The SMILES string of the molecule is CCc1nnsc1C(=O)Nc1ccc(S(=O)(=O)Cl)cc1C. The number of carbonyl (C=O) groups excluding carboxylic acids is 1. The molecule has 0 saturated carbocycles. The predicted molar refractivity (Wildman–Crippen MR) is 81.5 cm³/mol. The number of anilines is 1. The Hall–Kier alpha value is -1.51. The normalized spacial score (nSPS) is 11.4. The van der Waals surface area contributed by atoms with Crippen molar-refractivity contribution >= 4 is 42.9 Å². The molecule has 0 fully saturated rings. The van der Waals surface area contributed by atoms with Crippen LogP contribution in [0.25, 0.3) is 0 Å². The minimum absolute atomic E-state index is 0.00614. The van der Waals surface area contributed by atoms with Crippen LogP contribution in [-0.4, -0.2) is 23.9 Å². The molecule has 6 nitrogen and oxygen atoms in total. The van der Waals surface area contributed by atoms with Crippen LogP contribution in [0.15, 0.2) is 23.1 Å². The van der Waals surface area contributed by atoms with Crippen molar-refractivity contribution in [1.82, 2.24) is 9.59 Å². The van der Waals surface area contributed by atoms with Gasteiger partial charge in [-0.05, 0) is 48.6 Å². The van der Waals surface area contributed by atoms with Crippen molar-refractivity contribution in [1.29, 1.82) is 0 Å². The molecule has 0 aliphatic rings. The number of nitrogens with one attached hydrogen (secondary N) is 1. The first kappa shape index (κ1) is 15.9. The van der Waals surface area contributed by atoms with Crippen LogP contribution in [-0.2, 0) is 15.5 Å². The van der Waals surface area contributed by atoms with Crippen molar-refractivity contribution in [3.05, 3.63) is 34.3 Å². The van der Waals surface area contributed by atoms with Crippen LogP contribution >= 0.6 is 22.2 Å². The molecule has 9 heteroatoms. The molecule has 0 saturated heterocycles. The molecule has 0 aliphatic heterocycles. The van der Waals surface area contributed by atoms with Gasteiger partial charge in [0, 0.05) is 16.4 Å². The largest absolute Gasteiger partial charge is 0.321 e. The Kier molecular flexibility index (Phi) is 4.60. The summed E-state index contributed by atoms with van der Waals surface area (Å²) in [4.78, 5) is 12.6. The van der Waals surface area contributed by atoms with Gasteiger partial charge in [0.25, 0.3) is 15.0 Å². The first-order valence-electron chi connectivity index (χ1n) is 6.00. The minimum atomic E-state index is -3.78. The quantitative estimate of drug-likeness (QED) is 0.860. The zero-order chi connectivity index (χ0) is 15.6. The van der Waals surface area contributed by atoms with E-state index in [1.165, 1.54) is 18.2 Å². The van der Waals surface area contributed by atoms with Gasteiger partial charge in [-0.1, -0.05) is 11.4 Å². The summed E-state index contributed by atoms with van der Waals surface area (Å²) in [6.45, 7) is 3.58. The molecule has 112 valence electrons. The van der Waals surface area contributed by atoms with Gasteiger partial charge in [0.2, 0.25) is 0 Å². The van der Waals surface area contributed by atoms with Gasteiger partial charge in [-0.25, -0.2) is 8.42 Å². The lowest BCUT2D eigenvalue weighted by molar-refractivity contribution is 0.102. The second-order valence-electron chi connectivity index (χ2n) is 4.27. The first-order valence-corrected chi connectivity index (χ1v) is 9.09. The third kappa shape index (κ3) is 3.58. The topological polar surface area (TPSA) is 89.0 Å². The third-order valence-electron chi connectivity index (χ3n) is 2.82. The summed E-state index contributed by atoms with van der Waals surface area (Å²) in [5.41, 5.74) is 1.75. The van der Waals surface area contributed by atoms with E-state index >= 15 is 0 Å². The molecule has 1 N–H and O–H groups in total. The lowest BCUT2D eigenvalue weighted by Gasteiger charge is -2.08. The van der Waals surface area contributed by atoms with E-state index in [1.54, 1.807) is 6.92 Å². The number of aromatic nitrogens is 2. The zero-order valence-corrected chi connectivity index (χ0v) is 13.6. The number of halogens is 1. The van der Waals surface area contributed by atoms with Crippen molar-refractivity contribution in [2.24, 2.45) is 0 Å². The molecule has 1 aromatic heterocycles. The summed E-state index contributed by atoms with van der Waals surface area (Å²) in [5, 5.41) is 6.60. The highest BCUT2D eigenvalue weighted by Gasteiger charge is 2.17. The van der Waals surface area contributed by atoms with Gasteiger partial charge in [0.1, 0.15) is 4.88 Å². The Labute approximate surface area is 130 Å². The van der Waals surface area contributed by atoms with E-state index in [1.807, 2.05) is 6.92 Å². The average Bonchev–Trinajstić information content (AvgIpc) is 2.88. The van der Waals surface area contributed by atoms with E-state index < -0.39 is 9.05 Å². The monoisotopic (exact) mass is 345 g/mol. The fourth-order valence-electron chi connectivity index (χ4n) is 1.72. The molecule has 0 atom stereocenters. The fraction of sp³-hybridized carbons (Fsp3) is 0.250. The summed E-state index contributed by atoms with van der Waals surface area (Å²) >= 11 is 1.02. The van der Waals surface area contributed by atoms with E-state index in [9.17, 15) is 13.2 Å². The Morgan fingerprint density at radius 2 is 2.14 bits per heavy atom. The van der Waals surface area contributed by atoms with E-state index in [0.29, 0.717) is 28.2 Å². The number of aryl methyl sites for hydroxylation is 2. The standard InChI is InChI=1S/C12H12ClN3O3S2/c1-3-9-11(20-16-15-9)12(17)14-10-5-4-8(6-7(10)2)21(13,18)19/h4-6H,3H2,1-2H3,(H,14,17). The number of benzene rings is 1. The molecule has 1 heterocycles. The predicted octanol–water partition coefficient (Wildman–Crippen LogP) is 2.59. The number of amides is 1. The van der Waals surface area contributed by atoms with Crippen LogP contribution in [0.5, 0.6) is 0 Å². The molecule has 1 aromatic carbocycles. The van der Waals surface area contributed by atoms with E-state index in [-0.39, 0.29) is 10.8 Å². The average molecular weight is 346 g/mol. The maximum Gasteiger partial charge on any atom is 0.269 e.